The summed E-state index contributed by atoms with van der Waals surface area (Å²) in [5.74, 6) is 0.959. The van der Waals surface area contributed by atoms with Gasteiger partial charge in [0, 0.05) is 49.7 Å². The topological polar surface area (TPSA) is 67.6 Å². The first-order valence-electron chi connectivity index (χ1n) is 9.92. The molecule has 6 nitrogen and oxygen atoms in total. The Kier molecular flexibility index (Phi) is 6.03. The molecule has 1 amide bonds. The largest absolute Gasteiger partial charge is 0.461 e. The van der Waals surface area contributed by atoms with Crippen molar-refractivity contribution in [1.29, 1.82) is 0 Å². The van der Waals surface area contributed by atoms with Crippen LogP contribution in [0.1, 0.15) is 16.1 Å². The summed E-state index contributed by atoms with van der Waals surface area (Å²) in [6, 6.07) is 11.9. The highest BCUT2D eigenvalue weighted by atomic mass is 16.5. The predicted octanol–water partition coefficient (Wildman–Crippen LogP) is 3.29. The molecule has 1 aromatic carbocycles. The highest BCUT2D eigenvalue weighted by Gasteiger charge is 2.18. The van der Waals surface area contributed by atoms with Crippen LogP contribution >= 0.6 is 0 Å². The highest BCUT2D eigenvalue weighted by Crippen LogP contribution is 2.26. The van der Waals surface area contributed by atoms with E-state index in [-0.39, 0.29) is 5.91 Å². The number of carbonyl (C=O) groups is 1. The standard InChI is InChI=1S/C23H25N3O3/c1-2-8-24-9-7-20-15-19-14-17(4-6-22(19)29-20)21-5-3-18(16-25-21)23(27)26-10-12-28-13-11-26/h2-6,14-16,24H,1,7-13H2. The third-order valence-corrected chi connectivity index (χ3v) is 5.01. The van der Waals surface area contributed by atoms with Gasteiger partial charge in [0.2, 0.25) is 0 Å². The fraction of sp³-hybridized carbons (Fsp3) is 0.304. The molecule has 6 heteroatoms. The zero-order chi connectivity index (χ0) is 20.1. The molecule has 0 radical (unpaired) electrons. The van der Waals surface area contributed by atoms with Crippen molar-refractivity contribution in [2.45, 2.75) is 6.42 Å². The number of nitrogens with one attached hydrogen (secondary N) is 1. The second-order valence-electron chi connectivity index (χ2n) is 7.04. The Morgan fingerprint density at radius 2 is 2.07 bits per heavy atom. The van der Waals surface area contributed by atoms with E-state index in [1.807, 2.05) is 35.2 Å². The van der Waals surface area contributed by atoms with Crippen molar-refractivity contribution in [1.82, 2.24) is 15.2 Å². The molecule has 1 aliphatic rings. The van der Waals surface area contributed by atoms with E-state index in [9.17, 15) is 4.79 Å². The lowest BCUT2D eigenvalue weighted by atomic mass is 10.1. The van der Waals surface area contributed by atoms with E-state index < -0.39 is 0 Å². The van der Waals surface area contributed by atoms with Crippen molar-refractivity contribution in [2.75, 3.05) is 39.4 Å². The number of hydrogen-bond donors (Lipinski definition) is 1. The van der Waals surface area contributed by atoms with Crippen molar-refractivity contribution in [2.24, 2.45) is 0 Å². The molecule has 1 N–H and O–H groups in total. The van der Waals surface area contributed by atoms with Gasteiger partial charge >= 0.3 is 0 Å². The number of aromatic nitrogens is 1. The third kappa shape index (κ3) is 4.55. The second kappa shape index (κ2) is 9.03. The average Bonchev–Trinajstić information content (AvgIpc) is 3.19. The number of carbonyl (C=O) groups excluding carboxylic acids is 1. The van der Waals surface area contributed by atoms with E-state index >= 15 is 0 Å². The summed E-state index contributed by atoms with van der Waals surface area (Å²) < 4.78 is 11.2. The van der Waals surface area contributed by atoms with Crippen LogP contribution in [0.5, 0.6) is 0 Å². The predicted molar refractivity (Wildman–Crippen MR) is 113 cm³/mol. The Morgan fingerprint density at radius 3 is 2.83 bits per heavy atom. The number of nitrogens with zero attached hydrogens (tertiary/aromatic N) is 2. The van der Waals surface area contributed by atoms with Gasteiger partial charge in [0.1, 0.15) is 11.3 Å². The molecule has 0 aliphatic carbocycles. The van der Waals surface area contributed by atoms with Crippen LogP contribution in [0.3, 0.4) is 0 Å². The maximum atomic E-state index is 12.6. The maximum Gasteiger partial charge on any atom is 0.255 e. The highest BCUT2D eigenvalue weighted by molar-refractivity contribution is 5.94. The van der Waals surface area contributed by atoms with Crippen LogP contribution in [0.4, 0.5) is 0 Å². The number of benzene rings is 1. The van der Waals surface area contributed by atoms with Crippen LogP contribution in [0.25, 0.3) is 22.2 Å². The minimum absolute atomic E-state index is 0.00680. The van der Waals surface area contributed by atoms with Gasteiger partial charge in [0.05, 0.1) is 24.5 Å². The first-order chi connectivity index (χ1) is 14.2. The van der Waals surface area contributed by atoms with Gasteiger partial charge in [-0.1, -0.05) is 6.08 Å². The van der Waals surface area contributed by atoms with Gasteiger partial charge in [-0.05, 0) is 36.4 Å². The lowest BCUT2D eigenvalue weighted by Crippen LogP contribution is -2.40. The molecule has 0 bridgehead atoms. The lowest BCUT2D eigenvalue weighted by molar-refractivity contribution is 0.0302. The first kappa shape index (κ1) is 19.4. The van der Waals surface area contributed by atoms with E-state index in [4.69, 9.17) is 9.15 Å². The Hall–Kier alpha value is -2.96. The fourth-order valence-corrected chi connectivity index (χ4v) is 3.44. The number of furan rings is 1. The number of pyridine rings is 1. The van der Waals surface area contributed by atoms with E-state index in [0.717, 1.165) is 47.5 Å². The van der Waals surface area contributed by atoms with Crippen LogP contribution in [0.2, 0.25) is 0 Å². The monoisotopic (exact) mass is 391 g/mol. The van der Waals surface area contributed by atoms with Gasteiger partial charge in [0.25, 0.3) is 5.91 Å². The molecule has 4 rings (SSSR count). The summed E-state index contributed by atoms with van der Waals surface area (Å²) >= 11 is 0. The molecule has 2 aromatic heterocycles. The van der Waals surface area contributed by atoms with Crippen LogP contribution < -0.4 is 5.32 Å². The van der Waals surface area contributed by atoms with E-state index in [1.54, 1.807) is 6.20 Å². The molecule has 1 fully saturated rings. The molecule has 0 unspecified atom stereocenters. The van der Waals surface area contributed by atoms with Crippen LogP contribution in [0.15, 0.2) is 59.7 Å². The minimum atomic E-state index is 0.00680. The van der Waals surface area contributed by atoms with Crippen LogP contribution in [0, 0.1) is 0 Å². The lowest BCUT2D eigenvalue weighted by Gasteiger charge is -2.26. The Balaban J connectivity index is 1.47. The average molecular weight is 391 g/mol. The molecule has 29 heavy (non-hydrogen) atoms. The number of fused-ring (bicyclic) bond motifs is 1. The number of ether oxygens (including phenoxy) is 1. The summed E-state index contributed by atoms with van der Waals surface area (Å²) in [7, 11) is 0. The number of morpholine rings is 1. The van der Waals surface area contributed by atoms with Gasteiger partial charge in [-0.3, -0.25) is 9.78 Å². The number of hydrogen-bond acceptors (Lipinski definition) is 5. The molecule has 0 spiro atoms. The van der Waals surface area contributed by atoms with Crippen molar-refractivity contribution in [3.05, 3.63) is 66.6 Å². The maximum absolute atomic E-state index is 12.6. The molecule has 1 saturated heterocycles. The summed E-state index contributed by atoms with van der Waals surface area (Å²) in [4.78, 5) is 18.9. The van der Waals surface area contributed by atoms with Gasteiger partial charge in [0.15, 0.2) is 0 Å². The number of amides is 1. The SMILES string of the molecule is C=CCNCCc1cc2cc(-c3ccc(C(=O)N4CCOCC4)cn3)ccc2o1. The van der Waals surface area contributed by atoms with Gasteiger partial charge in [-0.25, -0.2) is 0 Å². The molecule has 1 aliphatic heterocycles. The molecule has 0 saturated carbocycles. The van der Waals surface area contributed by atoms with Crippen molar-refractivity contribution < 1.29 is 13.9 Å². The van der Waals surface area contributed by atoms with Crippen LogP contribution in [-0.2, 0) is 11.2 Å². The van der Waals surface area contributed by atoms with E-state index in [2.05, 4.69) is 29.0 Å². The quantitative estimate of drug-likeness (QED) is 0.495. The smallest absolute Gasteiger partial charge is 0.255 e. The van der Waals surface area contributed by atoms with Gasteiger partial charge < -0.3 is 19.4 Å². The minimum Gasteiger partial charge on any atom is -0.461 e. The fourth-order valence-electron chi connectivity index (χ4n) is 3.44. The molecular formula is C23H25N3O3. The number of rotatable bonds is 7. The Bertz CT molecular complexity index is 988. The summed E-state index contributed by atoms with van der Waals surface area (Å²) in [6.45, 7) is 7.78. The van der Waals surface area contributed by atoms with Gasteiger partial charge in [-0.2, -0.15) is 0 Å². The third-order valence-electron chi connectivity index (χ3n) is 5.01. The summed E-state index contributed by atoms with van der Waals surface area (Å²) in [5, 5.41) is 4.33. The van der Waals surface area contributed by atoms with Crippen LogP contribution in [-0.4, -0.2) is 55.2 Å². The van der Waals surface area contributed by atoms with Crippen molar-refractivity contribution in [3.8, 4) is 11.3 Å². The molecular weight excluding hydrogens is 366 g/mol. The first-order valence-corrected chi connectivity index (χ1v) is 9.92. The Labute approximate surface area is 170 Å². The zero-order valence-electron chi connectivity index (χ0n) is 16.4. The molecule has 0 atom stereocenters. The zero-order valence-corrected chi connectivity index (χ0v) is 16.4. The van der Waals surface area contributed by atoms with Crippen molar-refractivity contribution in [3.63, 3.8) is 0 Å². The molecule has 3 aromatic rings. The van der Waals surface area contributed by atoms with E-state index in [1.165, 1.54) is 0 Å². The molecule has 3 heterocycles. The second-order valence-corrected chi connectivity index (χ2v) is 7.04. The van der Waals surface area contributed by atoms with Crippen molar-refractivity contribution >= 4 is 16.9 Å². The Morgan fingerprint density at radius 1 is 1.21 bits per heavy atom. The van der Waals surface area contributed by atoms with Gasteiger partial charge in [-0.15, -0.1) is 6.58 Å². The normalized spacial score (nSPS) is 14.3. The summed E-state index contributed by atoms with van der Waals surface area (Å²) in [6.07, 6.45) is 4.33. The van der Waals surface area contributed by atoms with E-state index in [0.29, 0.717) is 31.9 Å². The summed E-state index contributed by atoms with van der Waals surface area (Å²) in [5.41, 5.74) is 3.31. The molecule has 150 valence electrons.